The second-order valence-electron chi connectivity index (χ2n) is 3.53. The maximum atomic E-state index is 12.5. The third-order valence-corrected chi connectivity index (χ3v) is 2.60. The Labute approximate surface area is 80.1 Å². The molecule has 0 unspecified atom stereocenters. The molecule has 0 fully saturated rings. The lowest BCUT2D eigenvalue weighted by molar-refractivity contribution is 0.131. The van der Waals surface area contributed by atoms with E-state index in [0.717, 1.165) is 6.42 Å². The molecule has 0 bridgehead atoms. The van der Waals surface area contributed by atoms with Crippen molar-refractivity contribution in [2.45, 2.75) is 25.8 Å². The van der Waals surface area contributed by atoms with E-state index < -0.39 is 6.43 Å². The number of alkyl halides is 2. The molecule has 1 atom stereocenters. The maximum Gasteiger partial charge on any atom is 0.297 e. The Morgan fingerprint density at radius 3 is 2.93 bits per heavy atom. The summed E-state index contributed by atoms with van der Waals surface area (Å²) in [6, 6.07) is 0. The standard InChI is InChI=1S/C8H12F2N4/c9-7(10)8-13-12-6-2-1-5(3-11)4-14(6)8/h5,7H,1-4,11H2/t5-/m0/s1. The molecule has 1 aromatic heterocycles. The number of aromatic nitrogens is 3. The second kappa shape index (κ2) is 3.61. The Bertz CT molecular complexity index is 323. The smallest absolute Gasteiger partial charge is 0.297 e. The monoisotopic (exact) mass is 202 g/mol. The van der Waals surface area contributed by atoms with Crippen molar-refractivity contribution in [3.8, 4) is 0 Å². The first-order valence-corrected chi connectivity index (χ1v) is 4.62. The number of fused-ring (bicyclic) bond motifs is 1. The predicted molar refractivity (Wildman–Crippen MR) is 45.8 cm³/mol. The topological polar surface area (TPSA) is 56.7 Å². The number of halogens is 2. The zero-order valence-electron chi connectivity index (χ0n) is 7.66. The zero-order valence-corrected chi connectivity index (χ0v) is 7.66. The number of hydrogen-bond acceptors (Lipinski definition) is 3. The first-order valence-electron chi connectivity index (χ1n) is 4.62. The van der Waals surface area contributed by atoms with E-state index in [4.69, 9.17) is 5.73 Å². The van der Waals surface area contributed by atoms with E-state index >= 15 is 0 Å². The third-order valence-electron chi connectivity index (χ3n) is 2.60. The van der Waals surface area contributed by atoms with E-state index in [1.165, 1.54) is 4.57 Å². The number of rotatable bonds is 2. The van der Waals surface area contributed by atoms with E-state index in [1.54, 1.807) is 0 Å². The van der Waals surface area contributed by atoms with Crippen molar-refractivity contribution in [2.24, 2.45) is 11.7 Å². The van der Waals surface area contributed by atoms with Crippen molar-refractivity contribution in [2.75, 3.05) is 6.54 Å². The van der Waals surface area contributed by atoms with E-state index in [0.29, 0.717) is 25.3 Å². The highest BCUT2D eigenvalue weighted by Crippen LogP contribution is 2.24. The Morgan fingerprint density at radius 1 is 1.50 bits per heavy atom. The molecule has 14 heavy (non-hydrogen) atoms. The molecule has 0 saturated carbocycles. The molecule has 2 rings (SSSR count). The molecule has 1 aliphatic rings. The van der Waals surface area contributed by atoms with Gasteiger partial charge in [-0.3, -0.25) is 0 Å². The molecular weight excluding hydrogens is 190 g/mol. The summed E-state index contributed by atoms with van der Waals surface area (Å²) in [5, 5.41) is 7.23. The Morgan fingerprint density at radius 2 is 2.29 bits per heavy atom. The van der Waals surface area contributed by atoms with Gasteiger partial charge in [0.1, 0.15) is 5.82 Å². The molecule has 0 spiro atoms. The first-order chi connectivity index (χ1) is 6.72. The van der Waals surface area contributed by atoms with Gasteiger partial charge < -0.3 is 10.3 Å². The fraction of sp³-hybridized carbons (Fsp3) is 0.750. The molecule has 4 nitrogen and oxygen atoms in total. The molecular formula is C8H12F2N4. The quantitative estimate of drug-likeness (QED) is 0.769. The minimum atomic E-state index is -2.55. The summed E-state index contributed by atoms with van der Waals surface area (Å²) in [6.45, 7) is 1.05. The summed E-state index contributed by atoms with van der Waals surface area (Å²) in [6.07, 6.45) is -0.938. The van der Waals surface area contributed by atoms with Gasteiger partial charge in [0.15, 0.2) is 5.82 Å². The van der Waals surface area contributed by atoms with Gasteiger partial charge in [0.2, 0.25) is 0 Å². The van der Waals surface area contributed by atoms with Crippen LogP contribution in [0.3, 0.4) is 0 Å². The summed E-state index contributed by atoms with van der Waals surface area (Å²) >= 11 is 0. The molecule has 0 radical (unpaired) electrons. The summed E-state index contributed by atoms with van der Waals surface area (Å²) in [4.78, 5) is 0. The second-order valence-corrected chi connectivity index (χ2v) is 3.53. The Hall–Kier alpha value is -1.04. The molecule has 2 heterocycles. The lowest BCUT2D eigenvalue weighted by Crippen LogP contribution is -2.27. The summed E-state index contributed by atoms with van der Waals surface area (Å²) in [7, 11) is 0. The molecule has 6 heteroatoms. The summed E-state index contributed by atoms with van der Waals surface area (Å²) in [5.74, 6) is 0.708. The average Bonchev–Trinajstić information content (AvgIpc) is 2.59. The third kappa shape index (κ3) is 1.50. The van der Waals surface area contributed by atoms with Crippen LogP contribution in [-0.2, 0) is 13.0 Å². The van der Waals surface area contributed by atoms with Crippen LogP contribution in [0.2, 0.25) is 0 Å². The lowest BCUT2D eigenvalue weighted by Gasteiger charge is -2.22. The highest BCUT2D eigenvalue weighted by Gasteiger charge is 2.25. The molecule has 78 valence electrons. The predicted octanol–water partition coefficient (Wildman–Crippen LogP) is 0.737. The zero-order chi connectivity index (χ0) is 10.1. The van der Waals surface area contributed by atoms with Crippen LogP contribution in [0, 0.1) is 5.92 Å². The van der Waals surface area contributed by atoms with Gasteiger partial charge in [0.05, 0.1) is 0 Å². The molecule has 1 aliphatic heterocycles. The van der Waals surface area contributed by atoms with Crippen LogP contribution < -0.4 is 5.73 Å². The van der Waals surface area contributed by atoms with Crippen LogP contribution in [0.5, 0.6) is 0 Å². The average molecular weight is 202 g/mol. The molecule has 0 aromatic carbocycles. The van der Waals surface area contributed by atoms with Gasteiger partial charge in [0.25, 0.3) is 6.43 Å². The van der Waals surface area contributed by atoms with Gasteiger partial charge in [-0.25, -0.2) is 8.78 Å². The van der Waals surface area contributed by atoms with Crippen LogP contribution in [0.15, 0.2) is 0 Å². The largest absolute Gasteiger partial charge is 0.330 e. The Balaban J connectivity index is 2.28. The summed E-state index contributed by atoms with van der Waals surface area (Å²) < 4.78 is 26.4. The molecule has 0 saturated heterocycles. The van der Waals surface area contributed by atoms with Gasteiger partial charge in [-0.1, -0.05) is 0 Å². The van der Waals surface area contributed by atoms with Crippen molar-refractivity contribution in [3.05, 3.63) is 11.6 Å². The van der Waals surface area contributed by atoms with Crippen molar-refractivity contribution in [1.82, 2.24) is 14.8 Å². The SMILES string of the molecule is NC[C@@H]1CCc2nnc(C(F)F)n2C1. The fourth-order valence-corrected chi connectivity index (χ4v) is 1.77. The Kier molecular flexibility index (Phi) is 2.45. The fourth-order valence-electron chi connectivity index (χ4n) is 1.77. The minimum absolute atomic E-state index is 0.224. The van der Waals surface area contributed by atoms with Crippen molar-refractivity contribution < 1.29 is 8.78 Å². The normalized spacial score (nSPS) is 21.3. The lowest BCUT2D eigenvalue weighted by atomic mass is 10.00. The molecule has 0 aliphatic carbocycles. The van der Waals surface area contributed by atoms with Crippen LogP contribution in [0.1, 0.15) is 24.5 Å². The van der Waals surface area contributed by atoms with Crippen LogP contribution in [0.4, 0.5) is 8.78 Å². The van der Waals surface area contributed by atoms with Gasteiger partial charge in [-0.05, 0) is 18.9 Å². The number of aryl methyl sites for hydroxylation is 1. The van der Waals surface area contributed by atoms with Crippen LogP contribution in [0.25, 0.3) is 0 Å². The van der Waals surface area contributed by atoms with E-state index in [9.17, 15) is 8.78 Å². The molecule has 1 aromatic rings. The van der Waals surface area contributed by atoms with Gasteiger partial charge in [0, 0.05) is 13.0 Å². The van der Waals surface area contributed by atoms with Gasteiger partial charge in [-0.2, -0.15) is 0 Å². The van der Waals surface area contributed by atoms with Crippen molar-refractivity contribution >= 4 is 0 Å². The van der Waals surface area contributed by atoms with E-state index in [-0.39, 0.29) is 11.7 Å². The van der Waals surface area contributed by atoms with Crippen LogP contribution in [-0.4, -0.2) is 21.3 Å². The number of hydrogen-bond donors (Lipinski definition) is 1. The number of nitrogens with two attached hydrogens (primary N) is 1. The highest BCUT2D eigenvalue weighted by molar-refractivity contribution is 5.01. The highest BCUT2D eigenvalue weighted by atomic mass is 19.3. The van der Waals surface area contributed by atoms with Crippen molar-refractivity contribution in [3.63, 3.8) is 0 Å². The maximum absolute atomic E-state index is 12.5. The summed E-state index contributed by atoms with van der Waals surface area (Å²) in [5.41, 5.74) is 5.51. The molecule has 0 amide bonds. The van der Waals surface area contributed by atoms with Gasteiger partial charge >= 0.3 is 0 Å². The van der Waals surface area contributed by atoms with E-state index in [2.05, 4.69) is 10.2 Å². The minimum Gasteiger partial charge on any atom is -0.330 e. The van der Waals surface area contributed by atoms with E-state index in [1.807, 2.05) is 0 Å². The first kappa shape index (κ1) is 9.51. The van der Waals surface area contributed by atoms with Gasteiger partial charge in [-0.15, -0.1) is 10.2 Å². The van der Waals surface area contributed by atoms with Crippen molar-refractivity contribution in [1.29, 1.82) is 0 Å². The number of nitrogens with zero attached hydrogens (tertiary/aromatic N) is 3. The molecule has 2 N–H and O–H groups in total. The van der Waals surface area contributed by atoms with Crippen LogP contribution >= 0.6 is 0 Å².